The number of nitrogens with zero attached hydrogens (tertiary/aromatic N) is 2. The van der Waals surface area contributed by atoms with E-state index in [1.165, 1.54) is 24.8 Å². The van der Waals surface area contributed by atoms with E-state index >= 15 is 0 Å². The summed E-state index contributed by atoms with van der Waals surface area (Å²) in [4.78, 5) is 8.89. The third-order valence-corrected chi connectivity index (χ3v) is 4.34. The molecule has 0 bridgehead atoms. The number of aromatic nitrogens is 2. The van der Waals surface area contributed by atoms with Crippen LogP contribution in [0.5, 0.6) is 0 Å². The highest BCUT2D eigenvalue weighted by Gasteiger charge is 2.40. The standard InChI is InChI=1S/C16H28N4/c1-5-9-17-14-13(12(3)4)15(20-11-19-14)18-10-16(6-2)7-8-16/h11-12H,5-10H2,1-4H3,(H2,17,18,19,20). The zero-order valence-electron chi connectivity index (χ0n) is 13.3. The van der Waals surface area contributed by atoms with Crippen LogP contribution in [0.1, 0.15) is 64.9 Å². The van der Waals surface area contributed by atoms with Gasteiger partial charge in [0.05, 0.1) is 0 Å². The molecule has 0 atom stereocenters. The number of nitrogens with one attached hydrogen (secondary N) is 2. The fourth-order valence-electron chi connectivity index (χ4n) is 2.57. The first-order valence-electron chi connectivity index (χ1n) is 7.94. The smallest absolute Gasteiger partial charge is 0.135 e. The molecule has 4 heteroatoms. The summed E-state index contributed by atoms with van der Waals surface area (Å²) in [5, 5.41) is 6.99. The predicted octanol–water partition coefficient (Wildman–Crippen LogP) is 4.02. The minimum absolute atomic E-state index is 0.412. The summed E-state index contributed by atoms with van der Waals surface area (Å²) in [5.74, 6) is 2.41. The molecule has 1 fully saturated rings. The Bertz CT molecular complexity index is 438. The van der Waals surface area contributed by atoms with Gasteiger partial charge in [-0.3, -0.25) is 0 Å². The Labute approximate surface area is 122 Å². The van der Waals surface area contributed by atoms with Gasteiger partial charge in [0.15, 0.2) is 0 Å². The molecule has 0 unspecified atom stereocenters. The number of hydrogen-bond donors (Lipinski definition) is 2. The van der Waals surface area contributed by atoms with Crippen molar-refractivity contribution in [1.29, 1.82) is 0 Å². The normalized spacial score (nSPS) is 16.2. The molecule has 1 saturated carbocycles. The van der Waals surface area contributed by atoms with Crippen molar-refractivity contribution in [3.63, 3.8) is 0 Å². The third kappa shape index (κ3) is 3.41. The molecule has 112 valence electrons. The van der Waals surface area contributed by atoms with Gasteiger partial charge in [0, 0.05) is 18.7 Å². The fraction of sp³-hybridized carbons (Fsp3) is 0.750. The minimum Gasteiger partial charge on any atom is -0.370 e. The first-order valence-corrected chi connectivity index (χ1v) is 7.94. The maximum absolute atomic E-state index is 4.47. The van der Waals surface area contributed by atoms with E-state index in [9.17, 15) is 0 Å². The molecule has 1 heterocycles. The molecule has 0 radical (unpaired) electrons. The van der Waals surface area contributed by atoms with Crippen molar-refractivity contribution >= 4 is 11.6 Å². The maximum atomic E-state index is 4.47. The molecule has 2 N–H and O–H groups in total. The Hall–Kier alpha value is -1.32. The van der Waals surface area contributed by atoms with Crippen LogP contribution in [0.25, 0.3) is 0 Å². The van der Waals surface area contributed by atoms with Crippen LogP contribution in [0, 0.1) is 5.41 Å². The van der Waals surface area contributed by atoms with Crippen LogP contribution in [0.2, 0.25) is 0 Å². The van der Waals surface area contributed by atoms with E-state index in [1.807, 2.05) is 0 Å². The summed E-state index contributed by atoms with van der Waals surface area (Å²) in [7, 11) is 0. The van der Waals surface area contributed by atoms with Gasteiger partial charge >= 0.3 is 0 Å². The van der Waals surface area contributed by atoms with Gasteiger partial charge in [-0.1, -0.05) is 27.7 Å². The van der Waals surface area contributed by atoms with Crippen LogP contribution in [-0.4, -0.2) is 23.1 Å². The molecule has 0 aromatic carbocycles. The van der Waals surface area contributed by atoms with E-state index in [2.05, 4.69) is 48.3 Å². The molecule has 2 rings (SSSR count). The number of anilines is 2. The molecule has 1 aromatic heterocycles. The molecule has 0 amide bonds. The monoisotopic (exact) mass is 276 g/mol. The fourth-order valence-corrected chi connectivity index (χ4v) is 2.57. The molecule has 0 aliphatic heterocycles. The molecule has 20 heavy (non-hydrogen) atoms. The first kappa shape index (κ1) is 15.1. The minimum atomic E-state index is 0.412. The van der Waals surface area contributed by atoms with Gasteiger partial charge in [-0.25, -0.2) is 9.97 Å². The van der Waals surface area contributed by atoms with Crippen molar-refractivity contribution in [2.45, 2.75) is 59.3 Å². The summed E-state index contributed by atoms with van der Waals surface area (Å²) >= 11 is 0. The van der Waals surface area contributed by atoms with E-state index in [4.69, 9.17) is 0 Å². The van der Waals surface area contributed by atoms with Gasteiger partial charge in [0.25, 0.3) is 0 Å². The van der Waals surface area contributed by atoms with Gasteiger partial charge in [-0.15, -0.1) is 0 Å². The van der Waals surface area contributed by atoms with Crippen molar-refractivity contribution in [2.75, 3.05) is 23.7 Å². The van der Waals surface area contributed by atoms with Crippen molar-refractivity contribution < 1.29 is 0 Å². The summed E-state index contributed by atoms with van der Waals surface area (Å²) < 4.78 is 0. The lowest BCUT2D eigenvalue weighted by atomic mass is 10.0. The Kier molecular flexibility index (Phi) is 4.84. The van der Waals surface area contributed by atoms with Gasteiger partial charge in [-0.05, 0) is 37.0 Å². The van der Waals surface area contributed by atoms with Crippen LogP contribution in [0.3, 0.4) is 0 Å². The van der Waals surface area contributed by atoms with E-state index in [0.717, 1.165) is 31.1 Å². The molecule has 0 saturated heterocycles. The summed E-state index contributed by atoms with van der Waals surface area (Å²) in [6.45, 7) is 10.8. The highest BCUT2D eigenvalue weighted by atomic mass is 15.1. The van der Waals surface area contributed by atoms with Crippen molar-refractivity contribution in [3.05, 3.63) is 11.9 Å². The van der Waals surface area contributed by atoms with Crippen LogP contribution < -0.4 is 10.6 Å². The van der Waals surface area contributed by atoms with Crippen LogP contribution >= 0.6 is 0 Å². The zero-order valence-corrected chi connectivity index (χ0v) is 13.3. The van der Waals surface area contributed by atoms with E-state index in [1.54, 1.807) is 6.33 Å². The molecule has 0 spiro atoms. The molecular weight excluding hydrogens is 248 g/mol. The van der Waals surface area contributed by atoms with Gasteiger partial charge in [0.2, 0.25) is 0 Å². The number of hydrogen-bond acceptors (Lipinski definition) is 4. The second-order valence-corrected chi connectivity index (χ2v) is 6.27. The van der Waals surface area contributed by atoms with E-state index in [-0.39, 0.29) is 0 Å². The largest absolute Gasteiger partial charge is 0.370 e. The molecule has 1 aliphatic carbocycles. The maximum Gasteiger partial charge on any atom is 0.135 e. The summed E-state index contributed by atoms with van der Waals surface area (Å²) in [5.41, 5.74) is 1.74. The average Bonchev–Trinajstić information content (AvgIpc) is 3.23. The molecule has 4 nitrogen and oxygen atoms in total. The highest BCUT2D eigenvalue weighted by Crippen LogP contribution is 2.48. The van der Waals surface area contributed by atoms with Crippen molar-refractivity contribution in [3.8, 4) is 0 Å². The Morgan fingerprint density at radius 2 is 1.80 bits per heavy atom. The first-order chi connectivity index (χ1) is 9.62. The second-order valence-electron chi connectivity index (χ2n) is 6.27. The Balaban J connectivity index is 2.14. The second kappa shape index (κ2) is 6.42. The number of rotatable bonds is 8. The van der Waals surface area contributed by atoms with Crippen LogP contribution in [0.4, 0.5) is 11.6 Å². The topological polar surface area (TPSA) is 49.8 Å². The SMILES string of the molecule is CCCNc1ncnc(NCC2(CC)CC2)c1C(C)C. The quantitative estimate of drug-likeness (QED) is 0.753. The zero-order chi connectivity index (χ0) is 14.6. The molecular formula is C16H28N4. The van der Waals surface area contributed by atoms with Crippen LogP contribution in [-0.2, 0) is 0 Å². The van der Waals surface area contributed by atoms with Crippen molar-refractivity contribution in [2.24, 2.45) is 5.41 Å². The summed E-state index contributed by atoms with van der Waals surface area (Å²) in [6.07, 6.45) is 6.71. The molecule has 1 aromatic rings. The van der Waals surface area contributed by atoms with Gasteiger partial charge in [0.1, 0.15) is 18.0 Å². The van der Waals surface area contributed by atoms with Crippen LogP contribution in [0.15, 0.2) is 6.33 Å². The predicted molar refractivity (Wildman–Crippen MR) is 85.3 cm³/mol. The lowest BCUT2D eigenvalue weighted by Crippen LogP contribution is -2.18. The Morgan fingerprint density at radius 3 is 2.30 bits per heavy atom. The summed E-state index contributed by atoms with van der Waals surface area (Å²) in [6, 6.07) is 0. The lowest BCUT2D eigenvalue weighted by Gasteiger charge is -2.20. The van der Waals surface area contributed by atoms with E-state index in [0.29, 0.717) is 11.3 Å². The third-order valence-electron chi connectivity index (χ3n) is 4.34. The van der Waals surface area contributed by atoms with Gasteiger partial charge < -0.3 is 10.6 Å². The highest BCUT2D eigenvalue weighted by molar-refractivity contribution is 5.59. The molecule has 1 aliphatic rings. The average molecular weight is 276 g/mol. The van der Waals surface area contributed by atoms with Gasteiger partial charge in [-0.2, -0.15) is 0 Å². The Morgan fingerprint density at radius 1 is 1.15 bits per heavy atom. The van der Waals surface area contributed by atoms with E-state index < -0.39 is 0 Å². The van der Waals surface area contributed by atoms with Crippen molar-refractivity contribution in [1.82, 2.24) is 9.97 Å². The lowest BCUT2D eigenvalue weighted by molar-refractivity contribution is 0.520.